The van der Waals surface area contributed by atoms with Gasteiger partial charge in [0.15, 0.2) is 5.96 Å². The highest BCUT2D eigenvalue weighted by molar-refractivity contribution is 5.82. The number of carbonyl (C=O) groups excluding carboxylic acids is 1. The van der Waals surface area contributed by atoms with E-state index in [9.17, 15) is 4.79 Å². The van der Waals surface area contributed by atoms with Gasteiger partial charge >= 0.3 is 0 Å². The number of aliphatic imine (C=N–C) groups is 1. The smallest absolute Gasteiger partial charge is 0.251 e. The molecular formula is C21H32N4O3. The minimum absolute atomic E-state index is 0.143. The van der Waals surface area contributed by atoms with Gasteiger partial charge in [-0.15, -0.1) is 0 Å². The standard InChI is InChI=1S/C21H32N4O3/c1-3-22-21(23-16-17-8-5-6-9-18(17)27-4-2)25-13-11-24(12-14-25)20(26)19-10-7-15-28-19/h5-6,8-9,19H,3-4,7,10-16H2,1-2H3,(H,22,23). The van der Waals surface area contributed by atoms with Gasteiger partial charge in [-0.3, -0.25) is 4.79 Å². The number of para-hydroxylation sites is 1. The number of nitrogens with zero attached hydrogens (tertiary/aromatic N) is 3. The molecule has 0 radical (unpaired) electrons. The lowest BCUT2D eigenvalue weighted by atomic mass is 10.2. The first-order valence-electron chi connectivity index (χ1n) is 10.4. The number of nitrogens with one attached hydrogen (secondary N) is 1. The Morgan fingerprint density at radius 3 is 2.64 bits per heavy atom. The van der Waals surface area contributed by atoms with Crippen LogP contribution in [-0.2, 0) is 16.1 Å². The average Bonchev–Trinajstić information content (AvgIpc) is 3.27. The molecule has 2 fully saturated rings. The topological polar surface area (TPSA) is 66.4 Å². The third kappa shape index (κ3) is 5.16. The number of ether oxygens (including phenoxy) is 2. The highest BCUT2D eigenvalue weighted by atomic mass is 16.5. The molecule has 0 saturated carbocycles. The van der Waals surface area contributed by atoms with E-state index in [0.29, 0.717) is 32.8 Å². The van der Waals surface area contributed by atoms with Crippen LogP contribution in [0.4, 0.5) is 0 Å². The summed E-state index contributed by atoms with van der Waals surface area (Å²) in [5.41, 5.74) is 1.08. The number of piperazine rings is 1. The van der Waals surface area contributed by atoms with E-state index in [0.717, 1.165) is 49.7 Å². The molecule has 1 atom stereocenters. The van der Waals surface area contributed by atoms with Crippen LogP contribution in [0.5, 0.6) is 5.75 Å². The van der Waals surface area contributed by atoms with Crippen molar-refractivity contribution in [1.82, 2.24) is 15.1 Å². The van der Waals surface area contributed by atoms with Gasteiger partial charge in [-0.2, -0.15) is 0 Å². The molecule has 2 saturated heterocycles. The maximum absolute atomic E-state index is 12.5. The first-order chi connectivity index (χ1) is 13.7. The number of benzene rings is 1. The monoisotopic (exact) mass is 388 g/mol. The lowest BCUT2D eigenvalue weighted by Crippen LogP contribution is -2.55. The van der Waals surface area contributed by atoms with Gasteiger partial charge in [-0.25, -0.2) is 4.99 Å². The van der Waals surface area contributed by atoms with E-state index >= 15 is 0 Å². The molecule has 1 unspecified atom stereocenters. The molecular weight excluding hydrogens is 356 g/mol. The van der Waals surface area contributed by atoms with Crippen molar-refractivity contribution in [3.05, 3.63) is 29.8 Å². The zero-order chi connectivity index (χ0) is 19.8. The number of rotatable bonds is 6. The van der Waals surface area contributed by atoms with Crippen molar-refractivity contribution in [3.8, 4) is 5.75 Å². The summed E-state index contributed by atoms with van der Waals surface area (Å²) < 4.78 is 11.3. The molecule has 154 valence electrons. The normalized spacial score (nSPS) is 20.4. The first kappa shape index (κ1) is 20.5. The molecule has 2 aliphatic rings. The van der Waals surface area contributed by atoms with Crippen molar-refractivity contribution >= 4 is 11.9 Å². The Morgan fingerprint density at radius 2 is 1.96 bits per heavy atom. The fourth-order valence-electron chi connectivity index (χ4n) is 3.63. The summed E-state index contributed by atoms with van der Waals surface area (Å²) in [4.78, 5) is 21.5. The van der Waals surface area contributed by atoms with Crippen molar-refractivity contribution in [3.63, 3.8) is 0 Å². The zero-order valence-corrected chi connectivity index (χ0v) is 17.0. The molecule has 2 aliphatic heterocycles. The molecule has 0 aliphatic carbocycles. The average molecular weight is 389 g/mol. The molecule has 0 bridgehead atoms. The predicted octanol–water partition coefficient (Wildman–Crippen LogP) is 1.87. The molecule has 28 heavy (non-hydrogen) atoms. The zero-order valence-electron chi connectivity index (χ0n) is 17.0. The van der Waals surface area contributed by atoms with Crippen LogP contribution in [-0.4, -0.2) is 73.7 Å². The molecule has 1 amide bonds. The van der Waals surface area contributed by atoms with Gasteiger partial charge in [0.2, 0.25) is 0 Å². The molecule has 3 rings (SSSR count). The Hall–Kier alpha value is -2.28. The summed E-state index contributed by atoms with van der Waals surface area (Å²) in [6, 6.07) is 8.02. The largest absolute Gasteiger partial charge is 0.494 e. The van der Waals surface area contributed by atoms with Crippen molar-refractivity contribution in [2.75, 3.05) is 45.9 Å². The van der Waals surface area contributed by atoms with E-state index in [4.69, 9.17) is 14.5 Å². The molecule has 1 N–H and O–H groups in total. The van der Waals surface area contributed by atoms with Gasteiger partial charge in [0.25, 0.3) is 5.91 Å². The number of hydrogen-bond donors (Lipinski definition) is 1. The maximum atomic E-state index is 12.5. The molecule has 7 nitrogen and oxygen atoms in total. The van der Waals surface area contributed by atoms with Crippen LogP contribution in [0.1, 0.15) is 32.3 Å². The number of amides is 1. The van der Waals surface area contributed by atoms with Crippen molar-refractivity contribution in [2.45, 2.75) is 39.3 Å². The van der Waals surface area contributed by atoms with Crippen LogP contribution in [0.2, 0.25) is 0 Å². The van der Waals surface area contributed by atoms with Gasteiger partial charge in [0, 0.05) is 44.9 Å². The molecule has 7 heteroatoms. The van der Waals surface area contributed by atoms with E-state index in [-0.39, 0.29) is 12.0 Å². The van der Waals surface area contributed by atoms with Crippen LogP contribution < -0.4 is 10.1 Å². The summed E-state index contributed by atoms with van der Waals surface area (Å²) >= 11 is 0. The summed E-state index contributed by atoms with van der Waals surface area (Å²) in [5, 5.41) is 3.38. The van der Waals surface area contributed by atoms with E-state index < -0.39 is 0 Å². The minimum Gasteiger partial charge on any atom is -0.494 e. The summed E-state index contributed by atoms with van der Waals surface area (Å²) in [7, 11) is 0. The Balaban J connectivity index is 1.60. The van der Waals surface area contributed by atoms with E-state index in [1.54, 1.807) is 0 Å². The van der Waals surface area contributed by atoms with Gasteiger partial charge in [-0.1, -0.05) is 18.2 Å². The number of carbonyl (C=O) groups is 1. The first-order valence-corrected chi connectivity index (χ1v) is 10.4. The van der Waals surface area contributed by atoms with Crippen LogP contribution in [0.3, 0.4) is 0 Å². The van der Waals surface area contributed by atoms with Crippen molar-refractivity contribution < 1.29 is 14.3 Å². The van der Waals surface area contributed by atoms with Crippen LogP contribution in [0.15, 0.2) is 29.3 Å². The third-order valence-corrected chi connectivity index (χ3v) is 5.10. The SMILES string of the molecule is CCNC(=NCc1ccccc1OCC)N1CCN(C(=O)C2CCCO2)CC1. The van der Waals surface area contributed by atoms with Gasteiger partial charge in [0.1, 0.15) is 11.9 Å². The molecule has 1 aromatic rings. The highest BCUT2D eigenvalue weighted by Gasteiger charge is 2.30. The van der Waals surface area contributed by atoms with Gasteiger partial charge in [-0.05, 0) is 32.8 Å². The lowest BCUT2D eigenvalue weighted by molar-refractivity contribution is -0.142. The Labute approximate surface area is 167 Å². The fourth-order valence-corrected chi connectivity index (χ4v) is 3.63. The maximum Gasteiger partial charge on any atom is 0.251 e. The predicted molar refractivity (Wildman–Crippen MR) is 110 cm³/mol. The molecule has 2 heterocycles. The van der Waals surface area contributed by atoms with Gasteiger partial charge in [0.05, 0.1) is 13.2 Å². The molecule has 1 aromatic carbocycles. The van der Waals surface area contributed by atoms with Crippen LogP contribution in [0.25, 0.3) is 0 Å². The lowest BCUT2D eigenvalue weighted by Gasteiger charge is -2.37. The summed E-state index contributed by atoms with van der Waals surface area (Å²) in [6.45, 7) is 9.74. The third-order valence-electron chi connectivity index (χ3n) is 5.10. The van der Waals surface area contributed by atoms with E-state index in [2.05, 4.69) is 23.2 Å². The fraction of sp³-hybridized carbons (Fsp3) is 0.619. The van der Waals surface area contributed by atoms with Gasteiger partial charge < -0.3 is 24.6 Å². The van der Waals surface area contributed by atoms with Crippen molar-refractivity contribution in [1.29, 1.82) is 0 Å². The quantitative estimate of drug-likeness (QED) is 0.595. The Bertz CT molecular complexity index is 665. The molecule has 0 aromatic heterocycles. The summed E-state index contributed by atoms with van der Waals surface area (Å²) in [5.74, 6) is 1.92. The second kappa shape index (κ2) is 10.3. The van der Waals surface area contributed by atoms with Crippen LogP contribution in [0, 0.1) is 0 Å². The Morgan fingerprint density at radius 1 is 1.21 bits per heavy atom. The van der Waals surface area contributed by atoms with Crippen LogP contribution >= 0.6 is 0 Å². The highest BCUT2D eigenvalue weighted by Crippen LogP contribution is 2.19. The number of hydrogen-bond acceptors (Lipinski definition) is 4. The Kier molecular flexibility index (Phi) is 7.54. The second-order valence-corrected chi connectivity index (χ2v) is 7.02. The number of guanidine groups is 1. The summed E-state index contributed by atoms with van der Waals surface area (Å²) in [6.07, 6.45) is 1.60. The molecule has 0 spiro atoms. The van der Waals surface area contributed by atoms with E-state index in [1.165, 1.54) is 0 Å². The minimum atomic E-state index is -0.233. The van der Waals surface area contributed by atoms with E-state index in [1.807, 2.05) is 30.0 Å². The second-order valence-electron chi connectivity index (χ2n) is 7.02. The van der Waals surface area contributed by atoms with Crippen molar-refractivity contribution in [2.24, 2.45) is 4.99 Å².